The smallest absolute Gasteiger partial charge is 0.160 e. The van der Waals surface area contributed by atoms with Crippen molar-refractivity contribution in [2.75, 3.05) is 0 Å². The second kappa shape index (κ2) is 9.22. The van der Waals surface area contributed by atoms with Gasteiger partial charge in [-0.2, -0.15) is 0 Å². The highest BCUT2D eigenvalue weighted by Crippen LogP contribution is 2.39. The average Bonchev–Trinajstić information content (AvgIpc) is 3.64. The third kappa shape index (κ3) is 3.69. The highest BCUT2D eigenvalue weighted by Gasteiger charge is 2.16. The molecule has 40 heavy (non-hydrogen) atoms. The van der Waals surface area contributed by atoms with Gasteiger partial charge >= 0.3 is 0 Å². The van der Waals surface area contributed by atoms with Crippen LogP contribution in [0.1, 0.15) is 0 Å². The van der Waals surface area contributed by atoms with Crippen molar-refractivity contribution in [3.05, 3.63) is 127 Å². The average molecular weight is 532 g/mol. The Morgan fingerprint density at radius 1 is 0.575 bits per heavy atom. The zero-order valence-electron chi connectivity index (χ0n) is 21.3. The molecule has 8 rings (SSSR count). The van der Waals surface area contributed by atoms with E-state index in [2.05, 4.69) is 86.6 Å². The molecule has 188 valence electrons. The number of fused-ring (bicyclic) bond motifs is 5. The standard InChI is InChI=1S/C34H21N5S/c1-2-4-30-27(3-1)32-31(10-7-24-15-20-40-33(24)32)39(30)26-8-5-25(6-9-26)34-37-28(22-11-16-35-17-12-22)21-29(38-34)23-13-18-36-19-14-23/h1-21H. The van der Waals surface area contributed by atoms with Crippen LogP contribution in [0.25, 0.3) is 71.5 Å². The second-order valence-electron chi connectivity index (χ2n) is 9.63. The molecule has 5 aromatic heterocycles. The maximum Gasteiger partial charge on any atom is 0.160 e. The van der Waals surface area contributed by atoms with Crippen molar-refractivity contribution in [2.45, 2.75) is 0 Å². The van der Waals surface area contributed by atoms with E-state index in [9.17, 15) is 0 Å². The number of hydrogen-bond donors (Lipinski definition) is 0. The van der Waals surface area contributed by atoms with Crippen LogP contribution in [0, 0.1) is 0 Å². The largest absolute Gasteiger partial charge is 0.309 e. The maximum atomic E-state index is 4.96. The fourth-order valence-electron chi connectivity index (χ4n) is 5.43. The molecule has 0 N–H and O–H groups in total. The van der Waals surface area contributed by atoms with E-state index in [0.717, 1.165) is 33.8 Å². The number of benzene rings is 3. The minimum atomic E-state index is 0.676. The Balaban J connectivity index is 1.28. The molecule has 0 saturated carbocycles. The van der Waals surface area contributed by atoms with Gasteiger partial charge in [-0.05, 0) is 83.6 Å². The summed E-state index contributed by atoms with van der Waals surface area (Å²) in [4.78, 5) is 18.3. The van der Waals surface area contributed by atoms with Crippen LogP contribution in [0.5, 0.6) is 0 Å². The zero-order valence-corrected chi connectivity index (χ0v) is 22.1. The third-order valence-electron chi connectivity index (χ3n) is 7.32. The van der Waals surface area contributed by atoms with Crippen LogP contribution in [-0.4, -0.2) is 24.5 Å². The fourth-order valence-corrected chi connectivity index (χ4v) is 6.39. The number of aromatic nitrogens is 5. The molecule has 5 heterocycles. The van der Waals surface area contributed by atoms with E-state index in [0.29, 0.717) is 5.82 Å². The molecular formula is C34H21N5S. The van der Waals surface area contributed by atoms with Gasteiger partial charge in [-0.3, -0.25) is 9.97 Å². The molecule has 0 radical (unpaired) electrons. The van der Waals surface area contributed by atoms with E-state index in [1.807, 2.05) is 30.3 Å². The number of thiophene rings is 1. The monoisotopic (exact) mass is 531 g/mol. The van der Waals surface area contributed by atoms with Crippen molar-refractivity contribution in [3.8, 4) is 39.6 Å². The van der Waals surface area contributed by atoms with Crippen molar-refractivity contribution < 1.29 is 0 Å². The van der Waals surface area contributed by atoms with Crippen molar-refractivity contribution in [2.24, 2.45) is 0 Å². The second-order valence-corrected chi connectivity index (χ2v) is 10.5. The predicted octanol–water partition coefficient (Wildman–Crippen LogP) is 8.58. The van der Waals surface area contributed by atoms with Gasteiger partial charge in [0.05, 0.1) is 22.4 Å². The SMILES string of the molecule is c1ccc2c(c1)c1c3sccc3ccc1n2-c1ccc(-c2nc(-c3ccncc3)cc(-c3ccncc3)n2)cc1. The van der Waals surface area contributed by atoms with Gasteiger partial charge in [0.1, 0.15) is 0 Å². The van der Waals surface area contributed by atoms with E-state index in [-0.39, 0.29) is 0 Å². The van der Waals surface area contributed by atoms with Gasteiger partial charge in [0, 0.05) is 62.6 Å². The van der Waals surface area contributed by atoms with Crippen LogP contribution in [-0.2, 0) is 0 Å². The maximum absolute atomic E-state index is 4.96. The first-order valence-corrected chi connectivity index (χ1v) is 13.9. The number of pyridine rings is 2. The Labute approximate surface area is 234 Å². The van der Waals surface area contributed by atoms with Gasteiger partial charge in [0.25, 0.3) is 0 Å². The summed E-state index contributed by atoms with van der Waals surface area (Å²) < 4.78 is 3.68. The van der Waals surface area contributed by atoms with Crippen molar-refractivity contribution in [3.63, 3.8) is 0 Å². The summed E-state index contributed by atoms with van der Waals surface area (Å²) in [5, 5.41) is 6.03. The summed E-state index contributed by atoms with van der Waals surface area (Å²) in [5.41, 5.74) is 8.16. The fraction of sp³-hybridized carbons (Fsp3) is 0. The minimum Gasteiger partial charge on any atom is -0.309 e. The van der Waals surface area contributed by atoms with Crippen molar-refractivity contribution in [1.29, 1.82) is 0 Å². The van der Waals surface area contributed by atoms with Gasteiger partial charge in [-0.15, -0.1) is 11.3 Å². The molecule has 0 spiro atoms. The van der Waals surface area contributed by atoms with Gasteiger partial charge in [-0.25, -0.2) is 9.97 Å². The van der Waals surface area contributed by atoms with E-state index < -0.39 is 0 Å². The van der Waals surface area contributed by atoms with Gasteiger partial charge in [0.2, 0.25) is 0 Å². The van der Waals surface area contributed by atoms with E-state index >= 15 is 0 Å². The lowest BCUT2D eigenvalue weighted by molar-refractivity contribution is 1.16. The molecule has 6 heteroatoms. The van der Waals surface area contributed by atoms with Gasteiger partial charge in [0.15, 0.2) is 5.82 Å². The first-order valence-electron chi connectivity index (χ1n) is 13.0. The Morgan fingerprint density at radius 3 is 1.95 bits per heavy atom. The number of nitrogens with zero attached hydrogens (tertiary/aromatic N) is 5. The van der Waals surface area contributed by atoms with Crippen LogP contribution >= 0.6 is 11.3 Å². The summed E-state index contributed by atoms with van der Waals surface area (Å²) in [6.45, 7) is 0. The first kappa shape index (κ1) is 22.8. The van der Waals surface area contributed by atoms with Crippen LogP contribution in [0.15, 0.2) is 127 Å². The van der Waals surface area contributed by atoms with Crippen LogP contribution in [0.4, 0.5) is 0 Å². The lowest BCUT2D eigenvalue weighted by Gasteiger charge is -2.11. The van der Waals surface area contributed by atoms with Gasteiger partial charge < -0.3 is 4.57 Å². The number of rotatable bonds is 4. The van der Waals surface area contributed by atoms with E-state index in [4.69, 9.17) is 9.97 Å². The molecule has 5 nitrogen and oxygen atoms in total. The molecule has 0 saturated heterocycles. The molecule has 3 aromatic carbocycles. The van der Waals surface area contributed by atoms with E-state index in [1.54, 1.807) is 36.1 Å². The van der Waals surface area contributed by atoms with Crippen LogP contribution in [0.3, 0.4) is 0 Å². The predicted molar refractivity (Wildman–Crippen MR) is 164 cm³/mol. The highest BCUT2D eigenvalue weighted by atomic mass is 32.1. The molecule has 0 bridgehead atoms. The molecule has 8 aromatic rings. The summed E-state index contributed by atoms with van der Waals surface area (Å²) in [5.74, 6) is 0.676. The lowest BCUT2D eigenvalue weighted by atomic mass is 10.1. The van der Waals surface area contributed by atoms with Crippen LogP contribution in [0.2, 0.25) is 0 Å². The summed E-state index contributed by atoms with van der Waals surface area (Å²) in [7, 11) is 0. The quantitative estimate of drug-likeness (QED) is 0.228. The minimum absolute atomic E-state index is 0.676. The molecular weight excluding hydrogens is 510 g/mol. The molecule has 0 unspecified atom stereocenters. The Bertz CT molecular complexity index is 2090. The summed E-state index contributed by atoms with van der Waals surface area (Å²) in [6.07, 6.45) is 7.14. The molecule has 0 aliphatic rings. The number of para-hydroxylation sites is 1. The van der Waals surface area contributed by atoms with Crippen molar-refractivity contribution in [1.82, 2.24) is 24.5 Å². The van der Waals surface area contributed by atoms with E-state index in [1.165, 1.54) is 31.9 Å². The lowest BCUT2D eigenvalue weighted by Crippen LogP contribution is -1.97. The molecule has 0 aliphatic carbocycles. The molecule has 0 fully saturated rings. The normalized spacial score (nSPS) is 11.5. The van der Waals surface area contributed by atoms with Crippen LogP contribution < -0.4 is 0 Å². The summed E-state index contributed by atoms with van der Waals surface area (Å²) in [6, 6.07) is 33.8. The zero-order chi connectivity index (χ0) is 26.5. The summed E-state index contributed by atoms with van der Waals surface area (Å²) >= 11 is 1.80. The topological polar surface area (TPSA) is 56.5 Å². The Hall–Kier alpha value is -5.20. The molecule has 0 atom stereocenters. The van der Waals surface area contributed by atoms with Crippen molar-refractivity contribution >= 4 is 43.2 Å². The Kier molecular flexibility index (Phi) is 5.24. The third-order valence-corrected chi connectivity index (χ3v) is 8.26. The first-order chi connectivity index (χ1) is 19.8. The van der Waals surface area contributed by atoms with Gasteiger partial charge in [-0.1, -0.05) is 24.3 Å². The number of hydrogen-bond acceptors (Lipinski definition) is 5. The Morgan fingerprint density at radius 2 is 1.25 bits per heavy atom. The molecule has 0 aliphatic heterocycles. The highest BCUT2D eigenvalue weighted by molar-refractivity contribution is 7.18. The molecule has 0 amide bonds.